The van der Waals surface area contributed by atoms with E-state index in [9.17, 15) is 14.4 Å². The van der Waals surface area contributed by atoms with Crippen molar-refractivity contribution >= 4 is 18.7 Å². The number of H-pyrrole nitrogens is 1. The predicted molar refractivity (Wildman–Crippen MR) is 73.1 cm³/mol. The van der Waals surface area contributed by atoms with Gasteiger partial charge in [0.15, 0.2) is 0 Å². The number of phosphoric acid groups is 1. The minimum Gasteiger partial charge on any atom is -0.780 e. The Kier molecular flexibility index (Phi) is 3.93. The molecule has 0 saturated carbocycles. The number of rotatable bonds is 5. The van der Waals surface area contributed by atoms with E-state index >= 15 is 0 Å². The average Bonchev–Trinajstić information content (AvgIpc) is 2.67. The second kappa shape index (κ2) is 5.22. The number of hydrogen-bond donors (Lipinski definition) is 1. The van der Waals surface area contributed by atoms with Crippen LogP contribution in [0.5, 0.6) is 5.75 Å². The predicted octanol–water partition coefficient (Wildman–Crippen LogP) is 0.624. The van der Waals surface area contributed by atoms with Gasteiger partial charge in [0.2, 0.25) is 0 Å². The topological polar surface area (TPSA) is 88.2 Å². The molecule has 20 heavy (non-hydrogen) atoms. The second-order valence-electron chi connectivity index (χ2n) is 5.80. The van der Waals surface area contributed by atoms with Crippen LogP contribution in [-0.2, 0) is 11.0 Å². The Labute approximate surface area is 117 Å². The summed E-state index contributed by atoms with van der Waals surface area (Å²) in [4.78, 5) is 24.7. The van der Waals surface area contributed by atoms with Gasteiger partial charge in [-0.3, -0.25) is 0 Å². The smallest absolute Gasteiger partial charge is 0.133 e. The van der Waals surface area contributed by atoms with Gasteiger partial charge in [0.25, 0.3) is 0 Å². The van der Waals surface area contributed by atoms with Crippen LogP contribution in [0.25, 0.3) is 10.9 Å². The summed E-state index contributed by atoms with van der Waals surface area (Å²) >= 11 is 0. The van der Waals surface area contributed by atoms with E-state index in [0.29, 0.717) is 5.39 Å². The maximum Gasteiger partial charge on any atom is 0.133 e. The molecule has 0 aliphatic rings. The average molecular weight is 297 g/mol. The molecule has 0 fully saturated rings. The quantitative estimate of drug-likeness (QED) is 0.647. The molecular formula is C13H18N2O4P-. The largest absolute Gasteiger partial charge is 0.780 e. The zero-order chi connectivity index (χ0) is 15.0. The molecule has 0 spiro atoms. The molecule has 0 radical (unpaired) electrons. The number of nitrogens with zero attached hydrogens (tertiary/aromatic N) is 1. The number of phosphoric ester groups is 1. The fourth-order valence-corrected chi connectivity index (χ4v) is 2.46. The van der Waals surface area contributed by atoms with E-state index in [1.165, 1.54) is 6.07 Å². The lowest BCUT2D eigenvalue weighted by Gasteiger charge is -2.29. The van der Waals surface area contributed by atoms with Gasteiger partial charge >= 0.3 is 0 Å². The molecule has 0 aliphatic heterocycles. The Hall–Kier alpha value is -1.33. The Morgan fingerprint density at radius 2 is 2.00 bits per heavy atom. The molecule has 2 aromatic rings. The first-order valence-corrected chi connectivity index (χ1v) is 7.73. The molecule has 110 valence electrons. The molecule has 0 saturated heterocycles. The molecule has 0 aliphatic carbocycles. The summed E-state index contributed by atoms with van der Waals surface area (Å²) in [6.45, 7) is 0.883. The van der Waals surface area contributed by atoms with Crippen molar-refractivity contribution < 1.29 is 23.4 Å². The molecular weight excluding hydrogens is 279 g/mol. The van der Waals surface area contributed by atoms with Crippen LogP contribution in [0, 0.1) is 0 Å². The number of benzene rings is 1. The maximum absolute atomic E-state index is 10.8. The third-order valence-electron chi connectivity index (χ3n) is 3.01. The Balaban J connectivity index is 2.39. The standard InChI is InChI=1S/C13H19N2O4P/c1-15(2,3)8-7-10-9-14-11-5-4-6-12(13(10)11)19-20(16,17)18/h4-6,9,14H,7-8H2,1-3H3,(H-,16,17,18)/p-1. The van der Waals surface area contributed by atoms with Crippen molar-refractivity contribution in [2.45, 2.75) is 6.42 Å². The highest BCUT2D eigenvalue weighted by Crippen LogP contribution is 2.36. The summed E-state index contributed by atoms with van der Waals surface area (Å²) in [5.74, 6) is 0.0912. The number of aromatic amines is 1. The lowest BCUT2D eigenvalue weighted by atomic mass is 10.1. The number of quaternary nitrogens is 1. The van der Waals surface area contributed by atoms with E-state index in [0.717, 1.165) is 28.5 Å². The Morgan fingerprint density at radius 1 is 1.30 bits per heavy atom. The molecule has 0 atom stereocenters. The van der Waals surface area contributed by atoms with Gasteiger partial charge in [-0.25, -0.2) is 0 Å². The number of likely N-dealkylation sites (N-methyl/N-ethyl adjacent to an activating group) is 1. The second-order valence-corrected chi connectivity index (χ2v) is 6.87. The van der Waals surface area contributed by atoms with Crippen LogP contribution >= 0.6 is 7.82 Å². The van der Waals surface area contributed by atoms with Crippen LogP contribution in [0.1, 0.15) is 5.56 Å². The van der Waals surface area contributed by atoms with Crippen LogP contribution in [0.3, 0.4) is 0 Å². The van der Waals surface area contributed by atoms with E-state index in [-0.39, 0.29) is 5.75 Å². The van der Waals surface area contributed by atoms with E-state index in [4.69, 9.17) is 0 Å². The van der Waals surface area contributed by atoms with Crippen LogP contribution in [0.4, 0.5) is 0 Å². The highest BCUT2D eigenvalue weighted by Gasteiger charge is 2.14. The molecule has 0 bridgehead atoms. The normalized spacial score (nSPS) is 12.8. The van der Waals surface area contributed by atoms with Crippen LogP contribution in [-0.4, -0.2) is 37.2 Å². The van der Waals surface area contributed by atoms with Crippen molar-refractivity contribution in [2.24, 2.45) is 0 Å². The first kappa shape index (κ1) is 15.1. The maximum atomic E-state index is 10.8. The van der Waals surface area contributed by atoms with E-state index in [2.05, 4.69) is 30.7 Å². The third kappa shape index (κ3) is 3.84. The molecule has 1 N–H and O–H groups in total. The van der Waals surface area contributed by atoms with Crippen LogP contribution in [0.15, 0.2) is 24.4 Å². The van der Waals surface area contributed by atoms with Crippen molar-refractivity contribution in [1.29, 1.82) is 0 Å². The summed E-state index contributed by atoms with van der Waals surface area (Å²) in [6, 6.07) is 4.96. The molecule has 2 rings (SSSR count). The van der Waals surface area contributed by atoms with Gasteiger partial charge in [0.1, 0.15) is 13.6 Å². The number of aromatic nitrogens is 1. The van der Waals surface area contributed by atoms with Crippen molar-refractivity contribution in [2.75, 3.05) is 27.7 Å². The minimum absolute atomic E-state index is 0.0912. The van der Waals surface area contributed by atoms with Crippen molar-refractivity contribution in [1.82, 2.24) is 4.98 Å². The molecule has 1 aromatic carbocycles. The van der Waals surface area contributed by atoms with Gasteiger partial charge in [0.05, 0.1) is 27.7 Å². The van der Waals surface area contributed by atoms with Gasteiger partial charge < -0.3 is 28.3 Å². The zero-order valence-corrected chi connectivity index (χ0v) is 12.6. The first-order valence-electron chi connectivity index (χ1n) is 6.27. The fourth-order valence-electron chi connectivity index (χ4n) is 2.07. The van der Waals surface area contributed by atoms with Gasteiger partial charge in [-0.1, -0.05) is 6.07 Å². The van der Waals surface area contributed by atoms with E-state index in [1.807, 2.05) is 12.3 Å². The van der Waals surface area contributed by atoms with E-state index < -0.39 is 7.82 Å². The van der Waals surface area contributed by atoms with Gasteiger partial charge in [-0.15, -0.1) is 0 Å². The van der Waals surface area contributed by atoms with Gasteiger partial charge in [-0.05, 0) is 17.7 Å². The summed E-state index contributed by atoms with van der Waals surface area (Å²) in [5, 5.41) is 0.660. The van der Waals surface area contributed by atoms with Gasteiger partial charge in [0, 0.05) is 23.5 Å². The molecule has 0 amide bonds. The number of hydrogen-bond acceptors (Lipinski definition) is 4. The first-order chi connectivity index (χ1) is 9.16. The van der Waals surface area contributed by atoms with E-state index in [1.54, 1.807) is 6.07 Å². The molecule has 6 nitrogen and oxygen atoms in total. The number of nitrogens with one attached hydrogen (secondary N) is 1. The van der Waals surface area contributed by atoms with Crippen LogP contribution < -0.4 is 14.3 Å². The molecule has 1 aromatic heterocycles. The summed E-state index contributed by atoms with van der Waals surface area (Å²) in [7, 11) is 1.18. The highest BCUT2D eigenvalue weighted by molar-refractivity contribution is 7.43. The highest BCUT2D eigenvalue weighted by atomic mass is 31.2. The van der Waals surface area contributed by atoms with Crippen LogP contribution in [0.2, 0.25) is 0 Å². The van der Waals surface area contributed by atoms with Crippen molar-refractivity contribution in [3.05, 3.63) is 30.0 Å². The van der Waals surface area contributed by atoms with Crippen molar-refractivity contribution in [3.63, 3.8) is 0 Å². The van der Waals surface area contributed by atoms with Crippen molar-refractivity contribution in [3.8, 4) is 5.75 Å². The van der Waals surface area contributed by atoms with Gasteiger partial charge in [-0.2, -0.15) is 0 Å². The SMILES string of the molecule is C[N+](C)(C)CCc1c[nH]c2cccc(OP(=O)([O-])[O-])c12. The third-order valence-corrected chi connectivity index (χ3v) is 3.43. The zero-order valence-electron chi connectivity index (χ0n) is 11.8. The molecule has 7 heteroatoms. The summed E-state index contributed by atoms with van der Waals surface area (Å²) < 4.78 is 16.2. The molecule has 1 heterocycles. The Morgan fingerprint density at radius 3 is 2.60 bits per heavy atom. The lowest BCUT2D eigenvalue weighted by Crippen LogP contribution is -2.36. The minimum atomic E-state index is -5.06. The monoisotopic (exact) mass is 297 g/mol. The molecule has 0 unspecified atom stereocenters. The summed E-state index contributed by atoms with van der Waals surface area (Å²) in [6.07, 6.45) is 2.58. The number of fused-ring (bicyclic) bond motifs is 1. The Bertz CT molecular complexity index is 654. The fraction of sp³-hybridized carbons (Fsp3) is 0.385. The lowest BCUT2D eigenvalue weighted by molar-refractivity contribution is -0.870. The summed E-state index contributed by atoms with van der Waals surface area (Å²) in [5.41, 5.74) is 1.70.